The fraction of sp³-hybridized carbons (Fsp3) is 0.286. The van der Waals surface area contributed by atoms with Crippen molar-refractivity contribution in [2.45, 2.75) is 19.5 Å². The van der Waals surface area contributed by atoms with Crippen molar-refractivity contribution in [1.29, 1.82) is 0 Å². The zero-order chi connectivity index (χ0) is 13.1. The van der Waals surface area contributed by atoms with Crippen molar-refractivity contribution in [2.75, 3.05) is 11.9 Å². The zero-order valence-corrected chi connectivity index (χ0v) is 12.1. The molecular formula is C14H17BrN2O. The highest BCUT2D eigenvalue weighted by atomic mass is 79.9. The molecule has 3 nitrogen and oxygen atoms in total. The summed E-state index contributed by atoms with van der Waals surface area (Å²) in [6.45, 7) is 2.79. The number of halogens is 1. The van der Waals surface area contributed by atoms with Gasteiger partial charge in [0.25, 0.3) is 0 Å². The molecule has 0 saturated heterocycles. The van der Waals surface area contributed by atoms with Crippen molar-refractivity contribution in [3.63, 3.8) is 0 Å². The van der Waals surface area contributed by atoms with E-state index >= 15 is 0 Å². The van der Waals surface area contributed by atoms with E-state index in [1.165, 1.54) is 0 Å². The van der Waals surface area contributed by atoms with Gasteiger partial charge >= 0.3 is 0 Å². The number of nitrogens with zero attached hydrogens (tertiary/aromatic N) is 1. The summed E-state index contributed by atoms with van der Waals surface area (Å²) in [6.07, 6.45) is 3.46. The van der Waals surface area contributed by atoms with Crippen molar-refractivity contribution < 1.29 is 4.42 Å². The summed E-state index contributed by atoms with van der Waals surface area (Å²) in [7, 11) is 2.05. The van der Waals surface area contributed by atoms with Gasteiger partial charge in [-0.1, -0.05) is 6.07 Å². The van der Waals surface area contributed by atoms with Crippen LogP contribution in [0, 0.1) is 0 Å². The van der Waals surface area contributed by atoms with Gasteiger partial charge in [-0.25, -0.2) is 0 Å². The molecule has 0 aliphatic heterocycles. The van der Waals surface area contributed by atoms with Crippen molar-refractivity contribution in [2.24, 2.45) is 5.73 Å². The Hall–Kier alpha value is -1.26. The average Bonchev–Trinajstić information content (AvgIpc) is 2.81. The van der Waals surface area contributed by atoms with Crippen LogP contribution < -0.4 is 10.6 Å². The monoisotopic (exact) mass is 308 g/mol. The third-order valence-corrected chi connectivity index (χ3v) is 3.54. The Bertz CT molecular complexity index is 509. The molecule has 0 unspecified atom stereocenters. The van der Waals surface area contributed by atoms with Gasteiger partial charge in [-0.2, -0.15) is 0 Å². The Morgan fingerprint density at radius 1 is 1.39 bits per heavy atom. The topological polar surface area (TPSA) is 42.4 Å². The number of furan rings is 1. The molecule has 1 aromatic heterocycles. The maximum absolute atomic E-state index is 5.87. The molecule has 0 bridgehead atoms. The van der Waals surface area contributed by atoms with E-state index in [4.69, 9.17) is 10.2 Å². The first-order chi connectivity index (χ1) is 8.58. The van der Waals surface area contributed by atoms with E-state index in [9.17, 15) is 0 Å². The van der Waals surface area contributed by atoms with Crippen LogP contribution in [0.25, 0.3) is 0 Å². The van der Waals surface area contributed by atoms with E-state index in [1.807, 2.05) is 13.0 Å². The first-order valence-corrected chi connectivity index (χ1v) is 6.64. The van der Waals surface area contributed by atoms with Crippen LogP contribution in [0.1, 0.15) is 24.1 Å². The largest absolute Gasteiger partial charge is 0.472 e. The van der Waals surface area contributed by atoms with Gasteiger partial charge in [0.2, 0.25) is 0 Å². The smallest absolute Gasteiger partial charge is 0.0952 e. The molecule has 0 radical (unpaired) electrons. The van der Waals surface area contributed by atoms with Crippen molar-refractivity contribution in [3.05, 3.63) is 52.4 Å². The summed E-state index contributed by atoms with van der Waals surface area (Å²) in [4.78, 5) is 2.17. The van der Waals surface area contributed by atoms with Crippen LogP contribution in [-0.4, -0.2) is 7.05 Å². The van der Waals surface area contributed by atoms with E-state index in [0.717, 1.165) is 27.8 Å². The number of nitrogens with two attached hydrogens (primary N) is 1. The molecular weight excluding hydrogens is 292 g/mol. The third kappa shape index (κ3) is 2.94. The molecule has 0 aliphatic carbocycles. The van der Waals surface area contributed by atoms with Gasteiger partial charge in [-0.3, -0.25) is 0 Å². The molecule has 0 aliphatic rings. The lowest BCUT2D eigenvalue weighted by atomic mass is 10.1. The Morgan fingerprint density at radius 2 is 2.17 bits per heavy atom. The highest BCUT2D eigenvalue weighted by molar-refractivity contribution is 9.10. The summed E-state index contributed by atoms with van der Waals surface area (Å²) in [6, 6.07) is 8.25. The lowest BCUT2D eigenvalue weighted by Gasteiger charge is -2.21. The lowest BCUT2D eigenvalue weighted by molar-refractivity contribution is 0.563. The molecule has 2 N–H and O–H groups in total. The second-order valence-corrected chi connectivity index (χ2v) is 5.34. The maximum Gasteiger partial charge on any atom is 0.0952 e. The van der Waals surface area contributed by atoms with Gasteiger partial charge in [0.15, 0.2) is 0 Å². The van der Waals surface area contributed by atoms with Crippen molar-refractivity contribution in [3.8, 4) is 0 Å². The predicted octanol–water partition coefficient (Wildman–Crippen LogP) is 3.70. The van der Waals surface area contributed by atoms with Crippen LogP contribution in [0.5, 0.6) is 0 Å². The molecule has 4 heteroatoms. The number of hydrogen-bond acceptors (Lipinski definition) is 3. The molecule has 96 valence electrons. The summed E-state index contributed by atoms with van der Waals surface area (Å²) >= 11 is 3.60. The van der Waals surface area contributed by atoms with Gasteiger partial charge < -0.3 is 15.1 Å². The van der Waals surface area contributed by atoms with Gasteiger partial charge in [0, 0.05) is 29.7 Å². The molecule has 1 aromatic carbocycles. The van der Waals surface area contributed by atoms with E-state index in [1.54, 1.807) is 12.5 Å². The highest BCUT2D eigenvalue weighted by Gasteiger charge is 2.09. The number of rotatable bonds is 4. The minimum Gasteiger partial charge on any atom is -0.472 e. The fourth-order valence-corrected chi connectivity index (χ4v) is 2.56. The first kappa shape index (κ1) is 13.2. The highest BCUT2D eigenvalue weighted by Crippen LogP contribution is 2.29. The summed E-state index contributed by atoms with van der Waals surface area (Å²) in [5.41, 5.74) is 9.29. The Labute approximate surface area is 116 Å². The normalized spacial score (nSPS) is 12.4. The van der Waals surface area contributed by atoms with Crippen LogP contribution in [-0.2, 0) is 6.54 Å². The lowest BCUT2D eigenvalue weighted by Crippen LogP contribution is -2.16. The van der Waals surface area contributed by atoms with Gasteiger partial charge in [0.1, 0.15) is 0 Å². The third-order valence-electron chi connectivity index (χ3n) is 2.91. The van der Waals surface area contributed by atoms with Crippen LogP contribution in [0.2, 0.25) is 0 Å². The molecule has 18 heavy (non-hydrogen) atoms. The Kier molecular flexibility index (Phi) is 4.09. The fourth-order valence-electron chi connectivity index (χ4n) is 1.86. The Morgan fingerprint density at radius 3 is 2.72 bits per heavy atom. The SMILES string of the molecule is C[C@H](N)c1ccc(N(C)Cc2ccoc2)c(Br)c1. The number of hydrogen-bond donors (Lipinski definition) is 1. The number of anilines is 1. The molecule has 0 saturated carbocycles. The molecule has 0 fully saturated rings. The van der Waals surface area contributed by atoms with Crippen LogP contribution >= 0.6 is 15.9 Å². The maximum atomic E-state index is 5.87. The van der Waals surface area contributed by atoms with E-state index in [0.29, 0.717) is 0 Å². The predicted molar refractivity (Wildman–Crippen MR) is 77.6 cm³/mol. The van der Waals surface area contributed by atoms with Gasteiger partial charge in [-0.15, -0.1) is 0 Å². The van der Waals surface area contributed by atoms with E-state index < -0.39 is 0 Å². The van der Waals surface area contributed by atoms with E-state index in [2.05, 4.69) is 46.1 Å². The summed E-state index contributed by atoms with van der Waals surface area (Å²) in [5, 5.41) is 0. The molecule has 1 atom stereocenters. The molecule has 0 amide bonds. The van der Waals surface area contributed by atoms with Crippen molar-refractivity contribution in [1.82, 2.24) is 0 Å². The quantitative estimate of drug-likeness (QED) is 0.936. The molecule has 0 spiro atoms. The first-order valence-electron chi connectivity index (χ1n) is 5.85. The van der Waals surface area contributed by atoms with E-state index in [-0.39, 0.29) is 6.04 Å². The second kappa shape index (κ2) is 5.59. The molecule has 1 heterocycles. The van der Waals surface area contributed by atoms with Gasteiger partial charge in [0.05, 0.1) is 18.2 Å². The minimum atomic E-state index is 0.0505. The minimum absolute atomic E-state index is 0.0505. The standard InChI is InChI=1S/C14H17BrN2O/c1-10(16)12-3-4-14(13(15)7-12)17(2)8-11-5-6-18-9-11/h3-7,9-10H,8,16H2,1-2H3/t10-/m0/s1. The average molecular weight is 309 g/mol. The van der Waals surface area contributed by atoms with Crippen molar-refractivity contribution >= 4 is 21.6 Å². The Balaban J connectivity index is 2.17. The second-order valence-electron chi connectivity index (χ2n) is 4.49. The van der Waals surface area contributed by atoms with Crippen LogP contribution in [0.15, 0.2) is 45.7 Å². The van der Waals surface area contributed by atoms with Crippen LogP contribution in [0.3, 0.4) is 0 Å². The van der Waals surface area contributed by atoms with Crippen LogP contribution in [0.4, 0.5) is 5.69 Å². The van der Waals surface area contributed by atoms with Gasteiger partial charge in [-0.05, 0) is 46.6 Å². The summed E-state index contributed by atoms with van der Waals surface area (Å²) in [5.74, 6) is 0. The number of benzene rings is 1. The molecule has 2 rings (SSSR count). The summed E-state index contributed by atoms with van der Waals surface area (Å²) < 4.78 is 6.14. The molecule has 2 aromatic rings. The zero-order valence-electron chi connectivity index (χ0n) is 10.6.